The number of carbonyl (C=O) groups excluding carboxylic acids is 3. The monoisotopic (exact) mass is 453 g/mol. The van der Waals surface area contributed by atoms with Crippen LogP contribution in [0.5, 0.6) is 11.5 Å². The normalized spacial score (nSPS) is 14.1. The lowest BCUT2D eigenvalue weighted by Gasteiger charge is -2.13. The maximum Gasteiger partial charge on any atom is 0.316 e. The number of thioether (sulfide) groups is 1. The van der Waals surface area contributed by atoms with E-state index in [0.717, 1.165) is 16.7 Å². The van der Waals surface area contributed by atoms with Gasteiger partial charge in [0.1, 0.15) is 12.4 Å². The third-order valence-corrected chi connectivity index (χ3v) is 5.59. The zero-order chi connectivity index (χ0) is 22.1. The van der Waals surface area contributed by atoms with Crippen molar-refractivity contribution in [2.75, 3.05) is 25.7 Å². The Morgan fingerprint density at radius 2 is 1.78 bits per heavy atom. The third-order valence-electron chi connectivity index (χ3n) is 4.80. The maximum absolute atomic E-state index is 12.3. The van der Waals surface area contributed by atoms with E-state index in [1.165, 1.54) is 0 Å². The van der Waals surface area contributed by atoms with Crippen molar-refractivity contribution in [1.82, 2.24) is 15.1 Å². The van der Waals surface area contributed by atoms with Gasteiger partial charge in [0.05, 0.1) is 17.7 Å². The highest BCUT2D eigenvalue weighted by atomic mass is 32.2. The Kier molecular flexibility index (Phi) is 5.23. The van der Waals surface area contributed by atoms with Gasteiger partial charge in [-0.15, -0.1) is 10.2 Å². The molecule has 0 fully saturated rings. The molecule has 1 aromatic heterocycles. The quantitative estimate of drug-likeness (QED) is 0.299. The molecule has 3 heterocycles. The number of carbonyl (C=O) groups is 3. The molecule has 32 heavy (non-hydrogen) atoms. The first-order valence-electron chi connectivity index (χ1n) is 9.57. The standard InChI is InChI=1S/C21H15N3O7S/c25-17(28-8-7-24-19(26)13-3-1-2-4-14(13)20(24)27)10-32-21-23-22-18(31-21)12-5-6-15-16(9-12)30-11-29-15/h1-6,9H,7-8,10-11H2. The highest BCUT2D eigenvalue weighted by molar-refractivity contribution is 7.99. The summed E-state index contributed by atoms with van der Waals surface area (Å²) in [6, 6.07) is 11.8. The van der Waals surface area contributed by atoms with Gasteiger partial charge in [0, 0.05) is 5.56 Å². The van der Waals surface area contributed by atoms with Gasteiger partial charge in [-0.05, 0) is 30.3 Å². The summed E-state index contributed by atoms with van der Waals surface area (Å²) in [5.74, 6) is 0.142. The average molecular weight is 453 g/mol. The molecule has 0 atom stereocenters. The van der Waals surface area contributed by atoms with Crippen molar-refractivity contribution >= 4 is 29.5 Å². The van der Waals surface area contributed by atoms with Crippen LogP contribution in [0.15, 0.2) is 52.1 Å². The van der Waals surface area contributed by atoms with Gasteiger partial charge in [0.2, 0.25) is 12.7 Å². The molecule has 0 unspecified atom stereocenters. The van der Waals surface area contributed by atoms with E-state index < -0.39 is 17.8 Å². The number of nitrogens with zero attached hydrogens (tertiary/aromatic N) is 3. The zero-order valence-corrected chi connectivity index (χ0v) is 17.3. The van der Waals surface area contributed by atoms with Gasteiger partial charge >= 0.3 is 5.97 Å². The van der Waals surface area contributed by atoms with Gasteiger partial charge in [0.15, 0.2) is 11.5 Å². The minimum atomic E-state index is -0.533. The van der Waals surface area contributed by atoms with Crippen LogP contribution in [0.2, 0.25) is 0 Å². The molecule has 11 heteroatoms. The van der Waals surface area contributed by atoms with Crippen molar-refractivity contribution in [2.45, 2.75) is 5.22 Å². The Balaban J connectivity index is 1.10. The molecule has 2 aliphatic rings. The number of amides is 2. The van der Waals surface area contributed by atoms with Gasteiger partial charge in [-0.3, -0.25) is 19.3 Å². The molecule has 0 spiro atoms. The number of rotatable bonds is 7. The Labute approximate surface area is 185 Å². The number of esters is 1. The minimum Gasteiger partial charge on any atom is -0.463 e. The first-order chi connectivity index (χ1) is 15.6. The summed E-state index contributed by atoms with van der Waals surface area (Å²) >= 11 is 1.02. The van der Waals surface area contributed by atoms with Crippen LogP contribution < -0.4 is 9.47 Å². The zero-order valence-electron chi connectivity index (χ0n) is 16.5. The van der Waals surface area contributed by atoms with Gasteiger partial charge in [-0.25, -0.2) is 0 Å². The lowest BCUT2D eigenvalue weighted by atomic mass is 10.1. The average Bonchev–Trinajstić information content (AvgIpc) is 3.53. The van der Waals surface area contributed by atoms with Crippen LogP contribution in [0.1, 0.15) is 20.7 Å². The van der Waals surface area contributed by atoms with Gasteiger partial charge in [-0.1, -0.05) is 23.9 Å². The van der Waals surface area contributed by atoms with Crippen LogP contribution in [0, 0.1) is 0 Å². The Hall–Kier alpha value is -3.86. The van der Waals surface area contributed by atoms with Crippen molar-refractivity contribution < 1.29 is 33.0 Å². The third kappa shape index (κ3) is 3.78. The minimum absolute atomic E-state index is 0.0163. The van der Waals surface area contributed by atoms with E-state index in [2.05, 4.69) is 10.2 Å². The summed E-state index contributed by atoms with van der Waals surface area (Å²) < 4.78 is 21.3. The van der Waals surface area contributed by atoms with Crippen molar-refractivity contribution in [3.63, 3.8) is 0 Å². The van der Waals surface area contributed by atoms with Crippen LogP contribution >= 0.6 is 11.8 Å². The van der Waals surface area contributed by atoms with Crippen LogP contribution in [0.4, 0.5) is 0 Å². The Morgan fingerprint density at radius 1 is 1.03 bits per heavy atom. The number of hydrogen-bond acceptors (Lipinski definition) is 10. The molecule has 0 saturated carbocycles. The van der Waals surface area contributed by atoms with Crippen LogP contribution in [0.3, 0.4) is 0 Å². The van der Waals surface area contributed by atoms with Crippen LogP contribution in [-0.2, 0) is 9.53 Å². The molecule has 0 bridgehead atoms. The summed E-state index contributed by atoms with van der Waals surface area (Å²) in [7, 11) is 0. The molecule has 162 valence electrons. The van der Waals surface area contributed by atoms with Gasteiger partial charge in [-0.2, -0.15) is 0 Å². The molecule has 0 aliphatic carbocycles. The molecule has 0 radical (unpaired) electrons. The molecule has 10 nitrogen and oxygen atoms in total. The number of fused-ring (bicyclic) bond motifs is 2. The highest BCUT2D eigenvalue weighted by Gasteiger charge is 2.34. The van der Waals surface area contributed by atoms with E-state index in [1.54, 1.807) is 42.5 Å². The first kappa shape index (κ1) is 20.1. The lowest BCUT2D eigenvalue weighted by Crippen LogP contribution is -2.33. The number of benzene rings is 2. The summed E-state index contributed by atoms with van der Waals surface area (Å²) in [4.78, 5) is 37.7. The van der Waals surface area contributed by atoms with Crippen LogP contribution in [-0.4, -0.2) is 58.6 Å². The molecular weight excluding hydrogens is 438 g/mol. The largest absolute Gasteiger partial charge is 0.463 e. The molecule has 3 aromatic rings. The Bertz CT molecular complexity index is 1190. The fraction of sp³-hybridized carbons (Fsp3) is 0.190. The molecule has 2 amide bonds. The predicted octanol–water partition coefficient (Wildman–Crippen LogP) is 2.40. The smallest absolute Gasteiger partial charge is 0.316 e. The topological polar surface area (TPSA) is 121 Å². The number of imide groups is 1. The van der Waals surface area contributed by atoms with Crippen molar-refractivity contribution in [2.24, 2.45) is 0 Å². The van der Waals surface area contributed by atoms with E-state index in [9.17, 15) is 14.4 Å². The van der Waals surface area contributed by atoms with E-state index in [-0.39, 0.29) is 36.8 Å². The summed E-state index contributed by atoms with van der Waals surface area (Å²) in [6.07, 6.45) is 0. The predicted molar refractivity (Wildman–Crippen MR) is 109 cm³/mol. The van der Waals surface area contributed by atoms with Gasteiger partial charge in [0.25, 0.3) is 17.0 Å². The molecular formula is C21H15N3O7S. The molecule has 0 N–H and O–H groups in total. The van der Waals surface area contributed by atoms with E-state index in [0.29, 0.717) is 28.2 Å². The van der Waals surface area contributed by atoms with E-state index in [1.807, 2.05) is 0 Å². The van der Waals surface area contributed by atoms with E-state index >= 15 is 0 Å². The van der Waals surface area contributed by atoms with Crippen LogP contribution in [0.25, 0.3) is 11.5 Å². The number of aromatic nitrogens is 2. The maximum atomic E-state index is 12.3. The summed E-state index contributed by atoms with van der Waals surface area (Å²) in [5, 5.41) is 8.09. The Morgan fingerprint density at radius 3 is 2.56 bits per heavy atom. The number of ether oxygens (including phenoxy) is 3. The molecule has 0 saturated heterocycles. The second-order valence-electron chi connectivity index (χ2n) is 6.76. The first-order valence-corrected chi connectivity index (χ1v) is 10.6. The molecule has 5 rings (SSSR count). The van der Waals surface area contributed by atoms with Crippen molar-refractivity contribution in [3.05, 3.63) is 53.6 Å². The fourth-order valence-corrected chi connectivity index (χ4v) is 3.83. The second-order valence-corrected chi connectivity index (χ2v) is 7.68. The highest BCUT2D eigenvalue weighted by Crippen LogP contribution is 2.36. The van der Waals surface area contributed by atoms with Gasteiger partial charge < -0.3 is 18.6 Å². The van der Waals surface area contributed by atoms with Crippen molar-refractivity contribution in [1.29, 1.82) is 0 Å². The fourth-order valence-electron chi connectivity index (χ4n) is 3.27. The lowest BCUT2D eigenvalue weighted by molar-refractivity contribution is -0.140. The van der Waals surface area contributed by atoms with E-state index in [4.69, 9.17) is 18.6 Å². The van der Waals surface area contributed by atoms with Crippen molar-refractivity contribution in [3.8, 4) is 23.0 Å². The number of hydrogen-bond donors (Lipinski definition) is 0. The summed E-state index contributed by atoms with van der Waals surface area (Å²) in [5.41, 5.74) is 1.38. The SMILES string of the molecule is O=C(CSc1nnc(-c2ccc3c(c2)OCO3)o1)OCCN1C(=O)c2ccccc2C1=O. The summed E-state index contributed by atoms with van der Waals surface area (Å²) in [6.45, 7) is 0.0492. The molecule has 2 aliphatic heterocycles. The molecule has 2 aromatic carbocycles. The second kappa shape index (κ2) is 8.35.